The van der Waals surface area contributed by atoms with Crippen LogP contribution >= 0.6 is 15.9 Å². The molecule has 1 heterocycles. The van der Waals surface area contributed by atoms with Gasteiger partial charge in [-0.05, 0) is 52.5 Å². The molecule has 5 nitrogen and oxygen atoms in total. The highest BCUT2D eigenvalue weighted by molar-refractivity contribution is 9.10. The van der Waals surface area contributed by atoms with Crippen molar-refractivity contribution in [3.63, 3.8) is 0 Å². The van der Waals surface area contributed by atoms with Crippen molar-refractivity contribution in [3.05, 3.63) is 52.3 Å². The second kappa shape index (κ2) is 7.21. The van der Waals surface area contributed by atoms with Crippen LogP contribution in [0.3, 0.4) is 0 Å². The standard InChI is InChI=1S/C18H19BrN2O3/c1-23-15-8-13(9-16(24-2)17(15)19)18(22)21(14-5-6-14)11-12-4-3-7-20-10-12/h3-4,7-10,14H,5-6,11H2,1-2H3. The Morgan fingerprint density at radius 3 is 2.46 bits per heavy atom. The Kier molecular flexibility index (Phi) is 5.04. The van der Waals surface area contributed by atoms with Crippen LogP contribution in [-0.4, -0.2) is 36.1 Å². The fraction of sp³-hybridized carbons (Fsp3) is 0.333. The molecule has 126 valence electrons. The maximum atomic E-state index is 13.1. The van der Waals surface area contributed by atoms with Gasteiger partial charge in [-0.1, -0.05) is 6.07 Å². The molecule has 0 aliphatic heterocycles. The van der Waals surface area contributed by atoms with Crippen molar-refractivity contribution >= 4 is 21.8 Å². The van der Waals surface area contributed by atoms with Crippen molar-refractivity contribution in [2.75, 3.05) is 14.2 Å². The highest BCUT2D eigenvalue weighted by Gasteiger charge is 2.33. The molecule has 1 saturated carbocycles. The second-order valence-corrected chi connectivity index (χ2v) is 6.51. The van der Waals surface area contributed by atoms with Gasteiger partial charge in [0, 0.05) is 30.5 Å². The summed E-state index contributed by atoms with van der Waals surface area (Å²) in [6.07, 6.45) is 5.61. The summed E-state index contributed by atoms with van der Waals surface area (Å²) in [7, 11) is 3.14. The van der Waals surface area contributed by atoms with Gasteiger partial charge in [0.1, 0.15) is 16.0 Å². The minimum absolute atomic E-state index is 0.0227. The molecule has 0 radical (unpaired) electrons. The molecule has 1 fully saturated rings. The summed E-state index contributed by atoms with van der Waals surface area (Å²) in [6.45, 7) is 0.554. The summed E-state index contributed by atoms with van der Waals surface area (Å²) >= 11 is 3.43. The quantitative estimate of drug-likeness (QED) is 0.754. The third kappa shape index (κ3) is 3.53. The van der Waals surface area contributed by atoms with E-state index in [-0.39, 0.29) is 5.91 Å². The third-order valence-electron chi connectivity index (χ3n) is 4.02. The van der Waals surface area contributed by atoms with Crippen molar-refractivity contribution in [1.29, 1.82) is 0 Å². The number of hydrogen-bond acceptors (Lipinski definition) is 4. The van der Waals surface area contributed by atoms with Crippen LogP contribution in [0.5, 0.6) is 11.5 Å². The molecular formula is C18H19BrN2O3. The number of ether oxygens (including phenoxy) is 2. The monoisotopic (exact) mass is 390 g/mol. The van der Waals surface area contributed by atoms with Crippen molar-refractivity contribution < 1.29 is 14.3 Å². The number of carbonyl (C=O) groups excluding carboxylic acids is 1. The Hall–Kier alpha value is -2.08. The molecule has 0 bridgehead atoms. The summed E-state index contributed by atoms with van der Waals surface area (Å²) in [5.41, 5.74) is 1.58. The summed E-state index contributed by atoms with van der Waals surface area (Å²) in [5, 5.41) is 0. The number of carbonyl (C=O) groups is 1. The van der Waals surface area contributed by atoms with Crippen LogP contribution in [0.25, 0.3) is 0 Å². The van der Waals surface area contributed by atoms with Crippen molar-refractivity contribution in [3.8, 4) is 11.5 Å². The molecule has 0 saturated heterocycles. The van der Waals surface area contributed by atoms with Crippen LogP contribution in [0.4, 0.5) is 0 Å². The number of amides is 1. The summed E-state index contributed by atoms with van der Waals surface area (Å²) in [4.78, 5) is 19.1. The Bertz CT molecular complexity index is 707. The smallest absolute Gasteiger partial charge is 0.254 e. The number of methoxy groups -OCH3 is 2. The first-order valence-corrected chi connectivity index (χ1v) is 8.54. The Morgan fingerprint density at radius 2 is 1.96 bits per heavy atom. The normalized spacial score (nSPS) is 13.5. The molecule has 0 atom stereocenters. The fourth-order valence-electron chi connectivity index (χ4n) is 2.60. The molecule has 0 unspecified atom stereocenters. The van der Waals surface area contributed by atoms with E-state index in [4.69, 9.17) is 9.47 Å². The molecule has 3 rings (SSSR count). The van der Waals surface area contributed by atoms with E-state index in [9.17, 15) is 4.79 Å². The number of nitrogens with zero attached hydrogens (tertiary/aromatic N) is 2. The number of aromatic nitrogens is 1. The van der Waals surface area contributed by atoms with Crippen LogP contribution in [0, 0.1) is 0 Å². The van der Waals surface area contributed by atoms with Crippen LogP contribution in [-0.2, 0) is 6.54 Å². The van der Waals surface area contributed by atoms with E-state index in [2.05, 4.69) is 20.9 Å². The second-order valence-electron chi connectivity index (χ2n) is 5.72. The molecule has 2 aromatic rings. The van der Waals surface area contributed by atoms with E-state index < -0.39 is 0 Å². The largest absolute Gasteiger partial charge is 0.495 e. The van der Waals surface area contributed by atoms with Gasteiger partial charge in [0.15, 0.2) is 0 Å². The van der Waals surface area contributed by atoms with Gasteiger partial charge in [0.25, 0.3) is 5.91 Å². The SMILES string of the molecule is COc1cc(C(=O)N(Cc2cccnc2)C2CC2)cc(OC)c1Br. The van der Waals surface area contributed by atoms with E-state index in [1.807, 2.05) is 17.0 Å². The van der Waals surface area contributed by atoms with E-state index in [0.29, 0.717) is 34.1 Å². The Morgan fingerprint density at radius 1 is 1.29 bits per heavy atom. The molecule has 24 heavy (non-hydrogen) atoms. The first-order chi connectivity index (χ1) is 11.6. The molecule has 0 spiro atoms. The number of pyridine rings is 1. The van der Waals surface area contributed by atoms with Crippen LogP contribution in [0.1, 0.15) is 28.8 Å². The van der Waals surface area contributed by atoms with Gasteiger partial charge < -0.3 is 14.4 Å². The summed E-state index contributed by atoms with van der Waals surface area (Å²) in [5.74, 6) is 1.13. The van der Waals surface area contributed by atoms with Gasteiger partial charge in [-0.15, -0.1) is 0 Å². The Balaban J connectivity index is 1.90. The number of rotatable bonds is 6. The first-order valence-electron chi connectivity index (χ1n) is 7.75. The van der Waals surface area contributed by atoms with Gasteiger partial charge in [0.2, 0.25) is 0 Å². The lowest BCUT2D eigenvalue weighted by atomic mass is 10.1. The fourth-order valence-corrected chi connectivity index (χ4v) is 3.15. The van der Waals surface area contributed by atoms with Crippen LogP contribution in [0.2, 0.25) is 0 Å². The van der Waals surface area contributed by atoms with Crippen LogP contribution in [0.15, 0.2) is 41.1 Å². The lowest BCUT2D eigenvalue weighted by Gasteiger charge is -2.23. The van der Waals surface area contributed by atoms with Crippen molar-refractivity contribution in [1.82, 2.24) is 9.88 Å². The molecule has 1 aliphatic carbocycles. The predicted octanol–water partition coefficient (Wildman–Crippen LogP) is 3.67. The van der Waals surface area contributed by atoms with Gasteiger partial charge in [-0.2, -0.15) is 0 Å². The molecule has 1 amide bonds. The summed E-state index contributed by atoms with van der Waals surface area (Å²) in [6, 6.07) is 7.65. The average molecular weight is 391 g/mol. The highest BCUT2D eigenvalue weighted by atomic mass is 79.9. The van der Waals surface area contributed by atoms with Gasteiger partial charge in [-0.25, -0.2) is 0 Å². The molecule has 0 N–H and O–H groups in total. The maximum absolute atomic E-state index is 13.1. The first kappa shape index (κ1) is 16.8. The minimum Gasteiger partial charge on any atom is -0.495 e. The molecular weight excluding hydrogens is 372 g/mol. The number of halogens is 1. The minimum atomic E-state index is -0.0227. The van der Waals surface area contributed by atoms with Gasteiger partial charge in [-0.3, -0.25) is 9.78 Å². The number of benzene rings is 1. The third-order valence-corrected chi connectivity index (χ3v) is 4.80. The lowest BCUT2D eigenvalue weighted by Crippen LogP contribution is -2.32. The van der Waals surface area contributed by atoms with E-state index in [1.54, 1.807) is 38.7 Å². The molecule has 1 aromatic heterocycles. The predicted molar refractivity (Wildman–Crippen MR) is 94.4 cm³/mol. The zero-order chi connectivity index (χ0) is 17.1. The lowest BCUT2D eigenvalue weighted by molar-refractivity contribution is 0.0729. The highest BCUT2D eigenvalue weighted by Crippen LogP contribution is 2.37. The Labute approximate surface area is 149 Å². The van der Waals surface area contributed by atoms with E-state index in [1.165, 1.54) is 0 Å². The maximum Gasteiger partial charge on any atom is 0.254 e. The summed E-state index contributed by atoms with van der Waals surface area (Å²) < 4.78 is 11.4. The van der Waals surface area contributed by atoms with Gasteiger partial charge in [0.05, 0.1) is 14.2 Å². The zero-order valence-corrected chi connectivity index (χ0v) is 15.2. The number of hydrogen-bond donors (Lipinski definition) is 0. The van der Waals surface area contributed by atoms with Crippen molar-refractivity contribution in [2.24, 2.45) is 0 Å². The van der Waals surface area contributed by atoms with E-state index in [0.717, 1.165) is 18.4 Å². The topological polar surface area (TPSA) is 51.7 Å². The molecule has 6 heteroatoms. The van der Waals surface area contributed by atoms with Crippen LogP contribution < -0.4 is 9.47 Å². The van der Waals surface area contributed by atoms with E-state index >= 15 is 0 Å². The zero-order valence-electron chi connectivity index (χ0n) is 13.7. The molecule has 1 aromatic carbocycles. The average Bonchev–Trinajstić information content (AvgIpc) is 3.45. The van der Waals surface area contributed by atoms with Crippen molar-refractivity contribution in [2.45, 2.75) is 25.4 Å². The molecule has 1 aliphatic rings. The van der Waals surface area contributed by atoms with Gasteiger partial charge >= 0.3 is 0 Å².